The van der Waals surface area contributed by atoms with Crippen molar-refractivity contribution in [1.82, 2.24) is 0 Å². The van der Waals surface area contributed by atoms with E-state index >= 15 is 0 Å². The molecule has 1 aromatic heterocycles. The van der Waals surface area contributed by atoms with E-state index in [9.17, 15) is 9.90 Å². The molecule has 0 amide bonds. The van der Waals surface area contributed by atoms with Gasteiger partial charge in [0.2, 0.25) is 5.60 Å². The molecule has 0 saturated heterocycles. The molecule has 5 heteroatoms. The zero-order valence-corrected chi connectivity index (χ0v) is 13.2. The molecule has 0 saturated carbocycles. The van der Waals surface area contributed by atoms with Gasteiger partial charge in [-0.2, -0.15) is 0 Å². The molecule has 0 aliphatic carbocycles. The molecule has 0 unspecified atom stereocenters. The molecular weight excluding hydrogens is 316 g/mol. The molecule has 0 fully saturated rings. The lowest BCUT2D eigenvalue weighted by atomic mass is 9.86. The lowest BCUT2D eigenvalue weighted by Gasteiger charge is -2.25. The zero-order valence-electron chi connectivity index (χ0n) is 12.5. The molecule has 4 nitrogen and oxygen atoms in total. The lowest BCUT2D eigenvalue weighted by Crippen LogP contribution is -2.38. The Hall–Kier alpha value is -2.30. The number of carbonyl (C=O) groups is 1. The van der Waals surface area contributed by atoms with Crippen LogP contribution in [0.15, 0.2) is 59.2 Å². The van der Waals surface area contributed by atoms with Crippen LogP contribution < -0.4 is 0 Å². The predicted octanol–water partition coefficient (Wildman–Crippen LogP) is 3.89. The van der Waals surface area contributed by atoms with E-state index in [2.05, 4.69) is 0 Å². The standard InChI is InChI=1S/C18H15ClO4/c1-2-22-17(20)18(21,12-7-9-13(19)10-8-12)15-11-23-16-6-4-3-5-14(15)16/h3-11,21H,2H2,1H3/t18-/m0/s1. The van der Waals surface area contributed by atoms with Crippen molar-refractivity contribution in [1.29, 1.82) is 0 Å². The monoisotopic (exact) mass is 330 g/mol. The minimum atomic E-state index is -1.97. The van der Waals surface area contributed by atoms with Crippen molar-refractivity contribution in [2.45, 2.75) is 12.5 Å². The highest BCUT2D eigenvalue weighted by Gasteiger charge is 2.44. The number of benzene rings is 2. The minimum absolute atomic E-state index is 0.157. The fraction of sp³-hybridized carbons (Fsp3) is 0.167. The van der Waals surface area contributed by atoms with Crippen molar-refractivity contribution >= 4 is 28.5 Å². The molecule has 3 rings (SSSR count). The number of rotatable bonds is 4. The Labute approximate surface area is 138 Å². The van der Waals surface area contributed by atoms with Crippen molar-refractivity contribution in [3.63, 3.8) is 0 Å². The van der Waals surface area contributed by atoms with Gasteiger partial charge in [0.1, 0.15) is 5.58 Å². The fourth-order valence-corrected chi connectivity index (χ4v) is 2.69. The van der Waals surface area contributed by atoms with Crippen LogP contribution in [0.1, 0.15) is 18.1 Å². The van der Waals surface area contributed by atoms with Gasteiger partial charge in [0.05, 0.1) is 12.9 Å². The van der Waals surface area contributed by atoms with Gasteiger partial charge in [-0.1, -0.05) is 41.9 Å². The van der Waals surface area contributed by atoms with Crippen molar-refractivity contribution in [3.05, 3.63) is 70.9 Å². The number of para-hydroxylation sites is 1. The summed E-state index contributed by atoms with van der Waals surface area (Å²) in [6.07, 6.45) is 1.39. The summed E-state index contributed by atoms with van der Waals surface area (Å²) in [6.45, 7) is 1.85. The Balaban J connectivity index is 2.23. The zero-order chi connectivity index (χ0) is 16.4. The number of ether oxygens (including phenoxy) is 1. The Morgan fingerprint density at radius 1 is 1.22 bits per heavy atom. The minimum Gasteiger partial charge on any atom is -0.464 e. The van der Waals surface area contributed by atoms with E-state index in [0.717, 1.165) is 0 Å². The molecule has 0 bridgehead atoms. The van der Waals surface area contributed by atoms with Crippen LogP contribution in [0.4, 0.5) is 0 Å². The maximum absolute atomic E-state index is 12.5. The number of hydrogen-bond donors (Lipinski definition) is 1. The predicted molar refractivity (Wildman–Crippen MR) is 87.3 cm³/mol. The average molecular weight is 331 g/mol. The Bertz CT molecular complexity index is 838. The first-order valence-electron chi connectivity index (χ1n) is 7.19. The molecule has 23 heavy (non-hydrogen) atoms. The molecule has 118 valence electrons. The molecule has 0 aliphatic heterocycles. The SMILES string of the molecule is CCOC(=O)[C@](O)(c1ccc(Cl)cc1)c1coc2ccccc12. The summed E-state index contributed by atoms with van der Waals surface area (Å²) in [7, 11) is 0. The third-order valence-electron chi connectivity index (χ3n) is 3.70. The highest BCUT2D eigenvalue weighted by atomic mass is 35.5. The molecule has 0 aliphatic rings. The van der Waals surface area contributed by atoms with Crippen molar-refractivity contribution in [2.75, 3.05) is 6.61 Å². The van der Waals surface area contributed by atoms with E-state index in [1.165, 1.54) is 6.26 Å². The van der Waals surface area contributed by atoms with Crippen molar-refractivity contribution in [3.8, 4) is 0 Å². The van der Waals surface area contributed by atoms with Crippen LogP contribution >= 0.6 is 11.6 Å². The number of carbonyl (C=O) groups excluding carboxylic acids is 1. The third-order valence-corrected chi connectivity index (χ3v) is 3.96. The Morgan fingerprint density at radius 3 is 2.61 bits per heavy atom. The van der Waals surface area contributed by atoms with Crippen LogP contribution in [-0.4, -0.2) is 17.7 Å². The first-order valence-corrected chi connectivity index (χ1v) is 7.57. The number of hydrogen-bond acceptors (Lipinski definition) is 4. The van der Waals surface area contributed by atoms with Crippen molar-refractivity contribution < 1.29 is 19.1 Å². The quantitative estimate of drug-likeness (QED) is 0.737. The normalized spacial score (nSPS) is 13.7. The number of aliphatic hydroxyl groups is 1. The first-order chi connectivity index (χ1) is 11.1. The smallest absolute Gasteiger partial charge is 0.347 e. The van der Waals surface area contributed by atoms with E-state index in [0.29, 0.717) is 27.1 Å². The van der Waals surface area contributed by atoms with E-state index in [1.807, 2.05) is 12.1 Å². The Morgan fingerprint density at radius 2 is 1.91 bits per heavy atom. The summed E-state index contributed by atoms with van der Waals surface area (Å²) in [5.41, 5.74) is -0.673. The van der Waals surface area contributed by atoms with Gasteiger partial charge in [0.25, 0.3) is 0 Å². The van der Waals surface area contributed by atoms with E-state index < -0.39 is 11.6 Å². The largest absolute Gasteiger partial charge is 0.464 e. The average Bonchev–Trinajstić information content (AvgIpc) is 2.99. The van der Waals surface area contributed by atoms with Gasteiger partial charge < -0.3 is 14.3 Å². The van der Waals surface area contributed by atoms with Gasteiger partial charge in [-0.3, -0.25) is 0 Å². The number of fused-ring (bicyclic) bond motifs is 1. The maximum atomic E-state index is 12.5. The van der Waals surface area contributed by atoms with Gasteiger partial charge in [-0.15, -0.1) is 0 Å². The lowest BCUT2D eigenvalue weighted by molar-refractivity contribution is -0.161. The highest BCUT2D eigenvalue weighted by Crippen LogP contribution is 2.37. The highest BCUT2D eigenvalue weighted by molar-refractivity contribution is 6.30. The second kappa shape index (κ2) is 6.07. The van der Waals surface area contributed by atoms with Gasteiger partial charge in [0.15, 0.2) is 0 Å². The summed E-state index contributed by atoms with van der Waals surface area (Å²) in [5, 5.41) is 12.4. The second-order valence-electron chi connectivity index (χ2n) is 5.08. The van der Waals surface area contributed by atoms with E-state index in [4.69, 9.17) is 20.8 Å². The molecule has 1 atom stereocenters. The summed E-state index contributed by atoms with van der Waals surface area (Å²) >= 11 is 5.91. The Kier molecular flexibility index (Phi) is 4.11. The molecule has 3 aromatic rings. The van der Waals surface area contributed by atoms with E-state index in [-0.39, 0.29) is 6.61 Å². The number of esters is 1. The molecule has 0 spiro atoms. The maximum Gasteiger partial charge on any atom is 0.347 e. The van der Waals surface area contributed by atoms with Crippen LogP contribution in [0.3, 0.4) is 0 Å². The number of furan rings is 1. The molecule has 0 radical (unpaired) electrons. The third kappa shape index (κ3) is 2.60. The van der Waals surface area contributed by atoms with Gasteiger partial charge >= 0.3 is 5.97 Å². The fourth-order valence-electron chi connectivity index (χ4n) is 2.57. The number of halogens is 1. The molecular formula is C18H15ClO4. The summed E-state index contributed by atoms with van der Waals surface area (Å²) in [5.74, 6) is -0.756. The topological polar surface area (TPSA) is 59.7 Å². The summed E-state index contributed by atoms with van der Waals surface area (Å²) in [4.78, 5) is 12.5. The van der Waals surface area contributed by atoms with Gasteiger partial charge in [-0.05, 0) is 30.7 Å². The summed E-state index contributed by atoms with van der Waals surface area (Å²) < 4.78 is 10.6. The van der Waals surface area contributed by atoms with Crippen LogP contribution in [0.2, 0.25) is 5.02 Å². The molecule has 2 aromatic carbocycles. The van der Waals surface area contributed by atoms with Crippen LogP contribution in [0.25, 0.3) is 11.0 Å². The van der Waals surface area contributed by atoms with Crippen LogP contribution in [-0.2, 0) is 15.1 Å². The van der Waals surface area contributed by atoms with Gasteiger partial charge in [0, 0.05) is 16.0 Å². The van der Waals surface area contributed by atoms with Crippen LogP contribution in [0, 0.1) is 0 Å². The summed E-state index contributed by atoms with van der Waals surface area (Å²) in [6, 6.07) is 13.6. The second-order valence-corrected chi connectivity index (χ2v) is 5.52. The molecule has 1 N–H and O–H groups in total. The van der Waals surface area contributed by atoms with Crippen molar-refractivity contribution in [2.24, 2.45) is 0 Å². The van der Waals surface area contributed by atoms with Crippen LogP contribution in [0.5, 0.6) is 0 Å². The first kappa shape index (κ1) is 15.6. The van der Waals surface area contributed by atoms with E-state index in [1.54, 1.807) is 43.3 Å². The molecule has 1 heterocycles. The van der Waals surface area contributed by atoms with Gasteiger partial charge in [-0.25, -0.2) is 4.79 Å².